The van der Waals surface area contributed by atoms with E-state index in [0.29, 0.717) is 17.1 Å². The molecule has 0 aliphatic heterocycles. The van der Waals surface area contributed by atoms with Crippen molar-refractivity contribution in [2.24, 2.45) is 0 Å². The molecule has 19 heavy (non-hydrogen) atoms. The van der Waals surface area contributed by atoms with Gasteiger partial charge in [0.25, 0.3) is 0 Å². The summed E-state index contributed by atoms with van der Waals surface area (Å²) < 4.78 is 1.99. The average Bonchev–Trinajstić information content (AvgIpc) is 2.39. The van der Waals surface area contributed by atoms with Crippen molar-refractivity contribution in [2.45, 2.75) is 6.54 Å². The van der Waals surface area contributed by atoms with Crippen molar-refractivity contribution in [1.29, 1.82) is 5.26 Å². The van der Waals surface area contributed by atoms with E-state index in [4.69, 9.17) is 16.9 Å². The fourth-order valence-electron chi connectivity index (χ4n) is 1.58. The second-order valence-electron chi connectivity index (χ2n) is 3.90. The molecule has 0 fully saturated rings. The highest BCUT2D eigenvalue weighted by molar-refractivity contribution is 9.11. The van der Waals surface area contributed by atoms with Gasteiger partial charge in [0.15, 0.2) is 0 Å². The molecule has 0 radical (unpaired) electrons. The Morgan fingerprint density at radius 2 is 1.95 bits per heavy atom. The number of nitrogens with zero attached hydrogens (tertiary/aromatic N) is 1. The van der Waals surface area contributed by atoms with Crippen LogP contribution in [0.25, 0.3) is 0 Å². The number of halogens is 3. The number of hydrogen-bond acceptors (Lipinski definition) is 2. The standard InChI is InChI=1S/C14H9Br2ClN2/c15-11-3-4-14(12(16)6-11)19-8-10-2-1-9(7-18)5-13(10)17/h1-6,19H,8H2. The maximum atomic E-state index is 8.79. The predicted molar refractivity (Wildman–Crippen MR) is 85.3 cm³/mol. The lowest BCUT2D eigenvalue weighted by molar-refractivity contribution is 1.14. The summed E-state index contributed by atoms with van der Waals surface area (Å²) in [6.45, 7) is 0.602. The van der Waals surface area contributed by atoms with Crippen LogP contribution >= 0.6 is 43.5 Å². The summed E-state index contributed by atoms with van der Waals surface area (Å²) in [6, 6.07) is 13.3. The summed E-state index contributed by atoms with van der Waals surface area (Å²) in [5, 5.41) is 12.7. The Labute approximate surface area is 133 Å². The maximum Gasteiger partial charge on any atom is 0.0992 e. The van der Waals surface area contributed by atoms with Crippen LogP contribution < -0.4 is 5.32 Å². The first-order valence-corrected chi connectivity index (χ1v) is 7.44. The Morgan fingerprint density at radius 1 is 1.16 bits per heavy atom. The van der Waals surface area contributed by atoms with Gasteiger partial charge in [-0.15, -0.1) is 0 Å². The lowest BCUT2D eigenvalue weighted by Crippen LogP contribution is -2.01. The minimum absolute atomic E-state index is 0.568. The monoisotopic (exact) mass is 398 g/mol. The lowest BCUT2D eigenvalue weighted by atomic mass is 10.1. The highest BCUT2D eigenvalue weighted by Gasteiger charge is 2.04. The minimum Gasteiger partial charge on any atom is -0.380 e. The van der Waals surface area contributed by atoms with E-state index in [1.165, 1.54) is 0 Å². The summed E-state index contributed by atoms with van der Waals surface area (Å²) in [4.78, 5) is 0. The number of hydrogen-bond donors (Lipinski definition) is 1. The number of anilines is 1. The summed E-state index contributed by atoms with van der Waals surface area (Å²) in [5.41, 5.74) is 2.51. The van der Waals surface area contributed by atoms with Crippen molar-refractivity contribution in [3.05, 3.63) is 61.5 Å². The molecule has 2 aromatic carbocycles. The van der Waals surface area contributed by atoms with E-state index in [9.17, 15) is 0 Å². The van der Waals surface area contributed by atoms with Crippen molar-refractivity contribution < 1.29 is 0 Å². The summed E-state index contributed by atoms with van der Waals surface area (Å²) in [7, 11) is 0. The SMILES string of the molecule is N#Cc1ccc(CNc2ccc(Br)cc2Br)c(Cl)c1. The first-order valence-electron chi connectivity index (χ1n) is 5.47. The molecule has 96 valence electrons. The normalized spacial score (nSPS) is 10.0. The van der Waals surface area contributed by atoms with E-state index in [1.54, 1.807) is 12.1 Å². The second kappa shape index (κ2) is 6.42. The number of benzene rings is 2. The highest BCUT2D eigenvalue weighted by Crippen LogP contribution is 2.27. The van der Waals surface area contributed by atoms with Gasteiger partial charge < -0.3 is 5.32 Å². The molecule has 1 N–H and O–H groups in total. The predicted octanol–water partition coefficient (Wildman–Crippen LogP) is 5.35. The molecular weight excluding hydrogens is 391 g/mol. The number of nitrogens with one attached hydrogen (secondary N) is 1. The fourth-order valence-corrected chi connectivity index (χ4v) is 3.02. The van der Waals surface area contributed by atoms with Gasteiger partial charge in [-0.3, -0.25) is 0 Å². The largest absolute Gasteiger partial charge is 0.380 e. The van der Waals surface area contributed by atoms with Gasteiger partial charge in [0.05, 0.1) is 11.6 Å². The third kappa shape index (κ3) is 3.73. The van der Waals surface area contributed by atoms with E-state index < -0.39 is 0 Å². The van der Waals surface area contributed by atoms with E-state index in [2.05, 4.69) is 43.2 Å². The van der Waals surface area contributed by atoms with Crippen molar-refractivity contribution in [3.8, 4) is 6.07 Å². The van der Waals surface area contributed by atoms with Gasteiger partial charge in [-0.25, -0.2) is 0 Å². The second-order valence-corrected chi connectivity index (χ2v) is 6.07. The Morgan fingerprint density at radius 3 is 2.58 bits per heavy atom. The van der Waals surface area contributed by atoms with Crippen LogP contribution in [0.3, 0.4) is 0 Å². The smallest absolute Gasteiger partial charge is 0.0992 e. The first kappa shape index (κ1) is 14.4. The van der Waals surface area contributed by atoms with Crippen LogP contribution in [0.2, 0.25) is 5.02 Å². The highest BCUT2D eigenvalue weighted by atomic mass is 79.9. The van der Waals surface area contributed by atoms with Crippen molar-refractivity contribution >= 4 is 49.1 Å². The molecule has 0 spiro atoms. The molecule has 0 heterocycles. The van der Waals surface area contributed by atoms with Crippen LogP contribution in [0.4, 0.5) is 5.69 Å². The molecule has 0 bridgehead atoms. The van der Waals surface area contributed by atoms with Crippen molar-refractivity contribution in [1.82, 2.24) is 0 Å². The maximum absolute atomic E-state index is 8.79. The van der Waals surface area contributed by atoms with Gasteiger partial charge in [0.2, 0.25) is 0 Å². The molecule has 0 aliphatic rings. The van der Waals surface area contributed by atoms with E-state index >= 15 is 0 Å². The summed E-state index contributed by atoms with van der Waals surface area (Å²) in [5.74, 6) is 0. The van der Waals surface area contributed by atoms with Crippen molar-refractivity contribution in [3.63, 3.8) is 0 Å². The number of nitriles is 1. The van der Waals surface area contributed by atoms with Crippen LogP contribution in [0.1, 0.15) is 11.1 Å². The quantitative estimate of drug-likeness (QED) is 0.754. The van der Waals surface area contributed by atoms with E-state index in [-0.39, 0.29) is 0 Å². The molecule has 0 amide bonds. The Balaban J connectivity index is 2.13. The minimum atomic E-state index is 0.568. The molecule has 0 unspecified atom stereocenters. The zero-order valence-electron chi connectivity index (χ0n) is 9.75. The van der Waals surface area contributed by atoms with Gasteiger partial charge in [-0.05, 0) is 51.8 Å². The summed E-state index contributed by atoms with van der Waals surface area (Å²) in [6.07, 6.45) is 0. The van der Waals surface area contributed by atoms with Gasteiger partial charge >= 0.3 is 0 Å². The van der Waals surface area contributed by atoms with Gasteiger partial charge in [-0.1, -0.05) is 33.6 Å². The van der Waals surface area contributed by atoms with Gasteiger partial charge in [-0.2, -0.15) is 5.26 Å². The topological polar surface area (TPSA) is 35.8 Å². The molecule has 0 saturated heterocycles. The zero-order valence-corrected chi connectivity index (χ0v) is 13.7. The van der Waals surface area contributed by atoms with Crippen LogP contribution in [0, 0.1) is 11.3 Å². The van der Waals surface area contributed by atoms with E-state index in [0.717, 1.165) is 20.2 Å². The molecule has 0 atom stereocenters. The lowest BCUT2D eigenvalue weighted by Gasteiger charge is -2.10. The molecule has 2 aromatic rings. The van der Waals surface area contributed by atoms with Crippen LogP contribution in [0.5, 0.6) is 0 Å². The molecule has 5 heteroatoms. The average molecular weight is 401 g/mol. The van der Waals surface area contributed by atoms with Crippen LogP contribution in [-0.2, 0) is 6.54 Å². The number of rotatable bonds is 3. The molecular formula is C14H9Br2ClN2. The van der Waals surface area contributed by atoms with Gasteiger partial charge in [0, 0.05) is 26.2 Å². The molecule has 0 aliphatic carbocycles. The molecule has 2 rings (SSSR count). The molecule has 0 saturated carbocycles. The van der Waals surface area contributed by atoms with Crippen LogP contribution in [-0.4, -0.2) is 0 Å². The van der Waals surface area contributed by atoms with Gasteiger partial charge in [0.1, 0.15) is 0 Å². The Hall–Kier alpha value is -1.02. The molecule has 0 aromatic heterocycles. The summed E-state index contributed by atoms with van der Waals surface area (Å²) >= 11 is 13.0. The third-order valence-electron chi connectivity index (χ3n) is 2.58. The Kier molecular flexibility index (Phi) is 4.87. The zero-order chi connectivity index (χ0) is 13.8. The van der Waals surface area contributed by atoms with Crippen molar-refractivity contribution in [2.75, 3.05) is 5.32 Å². The fraction of sp³-hybridized carbons (Fsp3) is 0.0714. The third-order valence-corrected chi connectivity index (χ3v) is 4.08. The first-order chi connectivity index (χ1) is 9.10. The Bertz CT molecular complexity index is 650. The van der Waals surface area contributed by atoms with E-state index in [1.807, 2.05) is 24.3 Å². The van der Waals surface area contributed by atoms with Crippen LogP contribution in [0.15, 0.2) is 45.3 Å². The molecule has 2 nitrogen and oxygen atoms in total.